The molecule has 0 aliphatic carbocycles. The van der Waals surface area contributed by atoms with Crippen molar-refractivity contribution in [2.24, 2.45) is 5.16 Å². The molecule has 1 saturated heterocycles. The molecule has 1 rings (SSSR count). The minimum absolute atomic E-state index is 0.0643. The lowest BCUT2D eigenvalue weighted by molar-refractivity contribution is -0.119. The molecule has 0 aromatic carbocycles. The highest BCUT2D eigenvalue weighted by molar-refractivity contribution is 8.14. The molecule has 0 atom stereocenters. The van der Waals surface area contributed by atoms with Gasteiger partial charge in [-0.1, -0.05) is 16.9 Å². The minimum Gasteiger partial charge on any atom is -0.344 e. The van der Waals surface area contributed by atoms with E-state index in [0.717, 1.165) is 0 Å². The van der Waals surface area contributed by atoms with Gasteiger partial charge in [0.25, 0.3) is 0 Å². The topological polar surface area (TPSA) is 79.8 Å². The Morgan fingerprint density at radius 1 is 1.71 bits per heavy atom. The molecule has 2 amide bonds. The van der Waals surface area contributed by atoms with Crippen LogP contribution < -0.4 is 10.6 Å². The van der Waals surface area contributed by atoms with Gasteiger partial charge in [-0.15, -0.1) is 11.6 Å². The van der Waals surface area contributed by atoms with Crippen LogP contribution in [0.1, 0.15) is 13.8 Å². The number of hydrogen-bond donors (Lipinski definition) is 2. The van der Waals surface area contributed by atoms with Crippen molar-refractivity contribution < 1.29 is 14.4 Å². The zero-order chi connectivity index (χ0) is 12.9. The lowest BCUT2D eigenvalue weighted by Crippen LogP contribution is -2.53. The summed E-state index contributed by atoms with van der Waals surface area (Å²) in [4.78, 5) is 27.0. The third kappa shape index (κ3) is 4.43. The Balaban J connectivity index is 2.53. The fraction of sp³-hybridized carbons (Fsp3) is 0.667. The van der Waals surface area contributed by atoms with Gasteiger partial charge in [0.2, 0.25) is 5.91 Å². The second kappa shape index (κ2) is 6.11. The van der Waals surface area contributed by atoms with Crippen LogP contribution in [0, 0.1) is 0 Å². The second-order valence-electron chi connectivity index (χ2n) is 3.85. The highest BCUT2D eigenvalue weighted by Crippen LogP contribution is 2.22. The monoisotopic (exact) mass is 279 g/mol. The summed E-state index contributed by atoms with van der Waals surface area (Å²) in [5.41, 5.74) is -0.618. The van der Waals surface area contributed by atoms with Crippen molar-refractivity contribution in [3.63, 3.8) is 0 Å². The molecule has 0 radical (unpaired) electrons. The van der Waals surface area contributed by atoms with Gasteiger partial charge in [0.15, 0.2) is 0 Å². The summed E-state index contributed by atoms with van der Waals surface area (Å²) in [5.74, 6) is 0.516. The number of rotatable bonds is 3. The molecule has 1 fully saturated rings. The van der Waals surface area contributed by atoms with E-state index in [1.165, 1.54) is 11.8 Å². The van der Waals surface area contributed by atoms with Crippen LogP contribution >= 0.6 is 23.4 Å². The molecule has 2 N–H and O–H groups in total. The van der Waals surface area contributed by atoms with E-state index in [1.807, 2.05) is 0 Å². The molecule has 0 aromatic rings. The SMILES string of the molecule is CC1(C)NC(=O)CSC1=NOC(=O)NCCCl. The lowest BCUT2D eigenvalue weighted by atomic mass is 10.1. The maximum atomic E-state index is 11.2. The number of carbonyl (C=O) groups is 2. The summed E-state index contributed by atoms with van der Waals surface area (Å²) in [7, 11) is 0. The first-order chi connectivity index (χ1) is 7.95. The second-order valence-corrected chi connectivity index (χ2v) is 5.19. The van der Waals surface area contributed by atoms with Gasteiger partial charge in [-0.25, -0.2) is 4.79 Å². The summed E-state index contributed by atoms with van der Waals surface area (Å²) in [6.45, 7) is 3.89. The van der Waals surface area contributed by atoms with E-state index >= 15 is 0 Å². The fourth-order valence-electron chi connectivity index (χ4n) is 1.16. The van der Waals surface area contributed by atoms with Crippen LogP contribution in [0.5, 0.6) is 0 Å². The van der Waals surface area contributed by atoms with Crippen LogP contribution in [0.3, 0.4) is 0 Å². The molecule has 17 heavy (non-hydrogen) atoms. The van der Waals surface area contributed by atoms with Gasteiger partial charge in [0, 0.05) is 12.4 Å². The summed E-state index contributed by atoms with van der Waals surface area (Å²) >= 11 is 6.65. The van der Waals surface area contributed by atoms with E-state index in [9.17, 15) is 9.59 Å². The number of oxime groups is 1. The van der Waals surface area contributed by atoms with E-state index in [4.69, 9.17) is 11.6 Å². The van der Waals surface area contributed by atoms with E-state index in [1.54, 1.807) is 13.8 Å². The fourth-order valence-corrected chi connectivity index (χ4v) is 2.09. The van der Waals surface area contributed by atoms with Gasteiger partial charge in [-0.05, 0) is 13.8 Å². The molecule has 0 aromatic heterocycles. The number of alkyl halides is 1. The molecule has 0 saturated carbocycles. The average Bonchev–Trinajstić information content (AvgIpc) is 2.23. The Morgan fingerprint density at radius 3 is 3.00 bits per heavy atom. The van der Waals surface area contributed by atoms with Crippen molar-refractivity contribution in [1.82, 2.24) is 10.6 Å². The number of thioether (sulfide) groups is 1. The largest absolute Gasteiger partial charge is 0.433 e. The highest BCUT2D eigenvalue weighted by Gasteiger charge is 2.33. The number of nitrogens with zero attached hydrogens (tertiary/aromatic N) is 1. The third-order valence-electron chi connectivity index (χ3n) is 1.90. The van der Waals surface area contributed by atoms with Crippen molar-refractivity contribution >= 4 is 40.4 Å². The summed E-state index contributed by atoms with van der Waals surface area (Å²) in [5, 5.41) is 9.45. The van der Waals surface area contributed by atoms with Crippen LogP contribution in [-0.4, -0.2) is 40.8 Å². The van der Waals surface area contributed by atoms with Crippen molar-refractivity contribution in [2.75, 3.05) is 18.2 Å². The van der Waals surface area contributed by atoms with Gasteiger partial charge in [0.05, 0.1) is 11.3 Å². The van der Waals surface area contributed by atoms with Crippen LogP contribution in [0.2, 0.25) is 0 Å². The van der Waals surface area contributed by atoms with E-state index in [-0.39, 0.29) is 11.7 Å². The van der Waals surface area contributed by atoms with Crippen LogP contribution in [0.4, 0.5) is 4.79 Å². The lowest BCUT2D eigenvalue weighted by Gasteiger charge is -2.30. The number of halogens is 1. The summed E-state index contributed by atoms with van der Waals surface area (Å²) in [6.07, 6.45) is -0.661. The normalized spacial score (nSPS) is 20.9. The van der Waals surface area contributed by atoms with Crippen molar-refractivity contribution in [1.29, 1.82) is 0 Å². The predicted molar refractivity (Wildman–Crippen MR) is 67.3 cm³/mol. The zero-order valence-electron chi connectivity index (χ0n) is 9.58. The van der Waals surface area contributed by atoms with Gasteiger partial charge >= 0.3 is 6.09 Å². The maximum Gasteiger partial charge on any atom is 0.433 e. The molecule has 6 nitrogen and oxygen atoms in total. The standard InChI is InChI=1S/C9H14ClN3O3S/c1-9(2)7(17-5-6(14)12-9)13-16-8(15)11-4-3-10/h3-5H2,1-2H3,(H,11,15)(H,12,14). The highest BCUT2D eigenvalue weighted by atomic mass is 35.5. The first kappa shape index (κ1) is 14.1. The predicted octanol–water partition coefficient (Wildman–Crippen LogP) is 0.906. The van der Waals surface area contributed by atoms with E-state index in [0.29, 0.717) is 17.5 Å². The number of carbonyl (C=O) groups excluding carboxylic acids is 2. The molecule has 0 unspecified atom stereocenters. The Bertz CT molecular complexity index is 346. The molecule has 1 aliphatic heterocycles. The third-order valence-corrected chi connectivity index (χ3v) is 3.36. The molecule has 1 aliphatic rings. The van der Waals surface area contributed by atoms with Crippen LogP contribution in [0.25, 0.3) is 0 Å². The van der Waals surface area contributed by atoms with Crippen LogP contribution in [-0.2, 0) is 9.63 Å². The van der Waals surface area contributed by atoms with Crippen molar-refractivity contribution in [3.8, 4) is 0 Å². The quantitative estimate of drug-likeness (QED) is 0.457. The maximum absolute atomic E-state index is 11.2. The van der Waals surface area contributed by atoms with Gasteiger partial charge in [0.1, 0.15) is 5.04 Å². The Morgan fingerprint density at radius 2 is 2.41 bits per heavy atom. The molecule has 0 spiro atoms. The Kier molecular flexibility index (Phi) is 5.07. The summed E-state index contributed by atoms with van der Waals surface area (Å²) < 4.78 is 0. The summed E-state index contributed by atoms with van der Waals surface area (Å²) in [6, 6.07) is 0. The first-order valence-electron chi connectivity index (χ1n) is 4.99. The first-order valence-corrected chi connectivity index (χ1v) is 6.51. The number of hydrogen-bond acceptors (Lipinski definition) is 5. The molecular formula is C9H14ClN3O3S. The molecular weight excluding hydrogens is 266 g/mol. The van der Waals surface area contributed by atoms with E-state index < -0.39 is 11.6 Å². The van der Waals surface area contributed by atoms with Crippen molar-refractivity contribution in [3.05, 3.63) is 0 Å². The number of amides is 2. The molecule has 1 heterocycles. The average molecular weight is 280 g/mol. The van der Waals surface area contributed by atoms with Crippen LogP contribution in [0.15, 0.2) is 5.16 Å². The van der Waals surface area contributed by atoms with Gasteiger partial charge < -0.3 is 10.6 Å². The Labute approximate surface area is 108 Å². The van der Waals surface area contributed by atoms with Gasteiger partial charge in [-0.2, -0.15) is 0 Å². The van der Waals surface area contributed by atoms with E-state index in [2.05, 4.69) is 20.6 Å². The van der Waals surface area contributed by atoms with Gasteiger partial charge in [-0.3, -0.25) is 9.63 Å². The Hall–Kier alpha value is -0.950. The molecule has 96 valence electrons. The smallest absolute Gasteiger partial charge is 0.344 e. The molecule has 0 bridgehead atoms. The minimum atomic E-state index is -0.661. The molecule has 8 heteroatoms. The number of nitrogens with one attached hydrogen (secondary N) is 2. The van der Waals surface area contributed by atoms with Crippen molar-refractivity contribution in [2.45, 2.75) is 19.4 Å². The zero-order valence-corrected chi connectivity index (χ0v) is 11.2.